The molecule has 6 N–H and O–H groups in total. The van der Waals surface area contributed by atoms with Gasteiger partial charge in [0.05, 0.1) is 13.1 Å². The maximum atomic E-state index is 5.76. The molecule has 0 spiro atoms. The smallest absolute Gasteiger partial charge is 0.188 e. The van der Waals surface area contributed by atoms with E-state index in [0.29, 0.717) is 25.0 Å². The second-order valence-corrected chi connectivity index (χ2v) is 5.07. The Morgan fingerprint density at radius 1 is 0.818 bits per heavy atom. The summed E-state index contributed by atoms with van der Waals surface area (Å²) in [6, 6.07) is 8.16. The number of benzene rings is 1. The van der Waals surface area contributed by atoms with E-state index in [0.717, 1.165) is 37.1 Å². The fourth-order valence-electron chi connectivity index (χ4n) is 1.72. The molecule has 0 heterocycles. The highest BCUT2D eigenvalue weighted by Gasteiger charge is 1.96. The third-order valence-electron chi connectivity index (χ3n) is 3.00. The zero-order valence-corrected chi connectivity index (χ0v) is 13.6. The van der Waals surface area contributed by atoms with Crippen LogP contribution in [-0.4, -0.2) is 25.0 Å². The predicted molar refractivity (Wildman–Crippen MR) is 93.7 cm³/mol. The Hall–Kier alpha value is -2.24. The Labute approximate surface area is 133 Å². The Morgan fingerprint density at radius 3 is 1.50 bits per heavy atom. The van der Waals surface area contributed by atoms with Crippen molar-refractivity contribution < 1.29 is 0 Å². The van der Waals surface area contributed by atoms with Crippen molar-refractivity contribution in [2.45, 2.75) is 39.8 Å². The Morgan fingerprint density at radius 2 is 1.18 bits per heavy atom. The van der Waals surface area contributed by atoms with Crippen LogP contribution in [0.2, 0.25) is 0 Å². The average Bonchev–Trinajstić information content (AvgIpc) is 2.55. The molecule has 1 aromatic rings. The van der Waals surface area contributed by atoms with Crippen molar-refractivity contribution in [2.75, 3.05) is 13.1 Å². The Balaban J connectivity index is 2.46. The lowest BCUT2D eigenvalue weighted by atomic mass is 10.1. The second kappa shape index (κ2) is 10.5. The van der Waals surface area contributed by atoms with Gasteiger partial charge in [-0.2, -0.15) is 0 Å². The molecule has 6 nitrogen and oxygen atoms in total. The largest absolute Gasteiger partial charge is 0.370 e. The summed E-state index contributed by atoms with van der Waals surface area (Å²) in [5.41, 5.74) is 13.8. The summed E-state index contributed by atoms with van der Waals surface area (Å²) in [6.07, 6.45) is 2.06. The molecule has 0 unspecified atom stereocenters. The van der Waals surface area contributed by atoms with Gasteiger partial charge in [-0.25, -0.2) is 9.98 Å². The lowest BCUT2D eigenvalue weighted by Crippen LogP contribution is -2.32. The first-order valence-corrected chi connectivity index (χ1v) is 7.81. The fraction of sp³-hybridized carbons (Fsp3) is 0.500. The molecule has 0 aliphatic heterocycles. The summed E-state index contributed by atoms with van der Waals surface area (Å²) in [5, 5.41) is 6.11. The van der Waals surface area contributed by atoms with Crippen LogP contribution in [0.3, 0.4) is 0 Å². The molecule has 0 fully saturated rings. The minimum atomic E-state index is 0.491. The van der Waals surface area contributed by atoms with Gasteiger partial charge in [-0.1, -0.05) is 38.1 Å². The molecule has 0 saturated carbocycles. The first-order valence-electron chi connectivity index (χ1n) is 7.81. The van der Waals surface area contributed by atoms with Gasteiger partial charge in [-0.3, -0.25) is 0 Å². The van der Waals surface area contributed by atoms with E-state index in [9.17, 15) is 0 Å². The lowest BCUT2D eigenvalue weighted by molar-refractivity contribution is 0.824. The normalized spacial score (nSPS) is 12.3. The van der Waals surface area contributed by atoms with Crippen molar-refractivity contribution in [3.05, 3.63) is 35.4 Å². The minimum Gasteiger partial charge on any atom is -0.370 e. The van der Waals surface area contributed by atoms with Crippen LogP contribution in [0.15, 0.2) is 34.3 Å². The number of hydrogen-bond donors (Lipinski definition) is 4. The summed E-state index contributed by atoms with van der Waals surface area (Å²) in [5.74, 6) is 0.982. The van der Waals surface area contributed by atoms with Gasteiger partial charge in [-0.05, 0) is 24.0 Å². The van der Waals surface area contributed by atoms with Crippen LogP contribution in [0.25, 0.3) is 0 Å². The molecule has 22 heavy (non-hydrogen) atoms. The topological polar surface area (TPSA) is 101 Å². The number of hydrogen-bond acceptors (Lipinski definition) is 2. The molecule has 0 aliphatic carbocycles. The van der Waals surface area contributed by atoms with Crippen LogP contribution >= 0.6 is 0 Å². The second-order valence-electron chi connectivity index (χ2n) is 5.07. The maximum absolute atomic E-state index is 5.76. The summed E-state index contributed by atoms with van der Waals surface area (Å²) >= 11 is 0. The molecule has 6 heteroatoms. The van der Waals surface area contributed by atoms with Gasteiger partial charge in [0.1, 0.15) is 0 Å². The van der Waals surface area contributed by atoms with Gasteiger partial charge in [0.25, 0.3) is 0 Å². The molecule has 0 aliphatic rings. The lowest BCUT2D eigenvalue weighted by Gasteiger charge is -2.05. The molecule has 0 atom stereocenters. The van der Waals surface area contributed by atoms with Gasteiger partial charge >= 0.3 is 0 Å². The number of nitrogens with two attached hydrogens (primary N) is 2. The van der Waals surface area contributed by atoms with Crippen molar-refractivity contribution in [1.82, 2.24) is 10.6 Å². The Kier molecular flexibility index (Phi) is 8.49. The molecule has 1 aromatic carbocycles. The molecule has 0 saturated heterocycles. The van der Waals surface area contributed by atoms with Crippen molar-refractivity contribution in [1.29, 1.82) is 0 Å². The van der Waals surface area contributed by atoms with Crippen LogP contribution in [0.4, 0.5) is 0 Å². The molecule has 0 amide bonds. The average molecular weight is 304 g/mol. The molecule has 1 rings (SSSR count). The summed E-state index contributed by atoms with van der Waals surface area (Å²) in [4.78, 5) is 8.59. The first kappa shape index (κ1) is 17.8. The zero-order chi connectivity index (χ0) is 16.2. The van der Waals surface area contributed by atoms with E-state index >= 15 is 0 Å². The maximum Gasteiger partial charge on any atom is 0.188 e. The number of nitrogens with one attached hydrogen (secondary N) is 2. The molecular formula is C16H28N6. The van der Waals surface area contributed by atoms with Gasteiger partial charge in [0.2, 0.25) is 0 Å². The minimum absolute atomic E-state index is 0.491. The third kappa shape index (κ3) is 7.52. The van der Waals surface area contributed by atoms with Crippen LogP contribution < -0.4 is 22.1 Å². The van der Waals surface area contributed by atoms with Crippen molar-refractivity contribution >= 4 is 11.9 Å². The van der Waals surface area contributed by atoms with Gasteiger partial charge in [-0.15, -0.1) is 0 Å². The molecule has 0 radical (unpaired) electrons. The van der Waals surface area contributed by atoms with E-state index in [4.69, 9.17) is 11.5 Å². The van der Waals surface area contributed by atoms with E-state index in [1.165, 1.54) is 0 Å². The fourth-order valence-corrected chi connectivity index (χ4v) is 1.72. The highest BCUT2D eigenvalue weighted by atomic mass is 15.1. The molecule has 0 bridgehead atoms. The number of aliphatic imine (C=N–C) groups is 2. The van der Waals surface area contributed by atoms with E-state index in [2.05, 4.69) is 34.5 Å². The van der Waals surface area contributed by atoms with E-state index < -0.39 is 0 Å². The van der Waals surface area contributed by atoms with Crippen LogP contribution in [0.1, 0.15) is 37.8 Å². The predicted octanol–water partition coefficient (Wildman–Crippen LogP) is 1.32. The van der Waals surface area contributed by atoms with Crippen molar-refractivity contribution in [2.24, 2.45) is 21.5 Å². The standard InChI is InChI=1S/C16H28N6/c1-3-9-19-15(17)21-11-13-5-7-14(8-6-13)12-22-16(18)20-10-4-2/h5-8H,3-4,9-12H2,1-2H3,(H3,17,19,21)(H3,18,20,22). The van der Waals surface area contributed by atoms with Crippen LogP contribution in [0.5, 0.6) is 0 Å². The van der Waals surface area contributed by atoms with Crippen molar-refractivity contribution in [3.63, 3.8) is 0 Å². The van der Waals surface area contributed by atoms with Crippen LogP contribution in [-0.2, 0) is 13.1 Å². The Bertz CT molecular complexity index is 433. The third-order valence-corrected chi connectivity index (χ3v) is 3.00. The van der Waals surface area contributed by atoms with Crippen molar-refractivity contribution in [3.8, 4) is 0 Å². The zero-order valence-electron chi connectivity index (χ0n) is 13.6. The summed E-state index contributed by atoms with van der Waals surface area (Å²) in [6.45, 7) is 7.02. The SMILES string of the molecule is CCCNC(N)=NCc1ccc(CN=C(N)NCCC)cc1. The van der Waals surface area contributed by atoms with Gasteiger partial charge in [0.15, 0.2) is 11.9 Å². The van der Waals surface area contributed by atoms with E-state index in [-0.39, 0.29) is 0 Å². The summed E-state index contributed by atoms with van der Waals surface area (Å²) < 4.78 is 0. The van der Waals surface area contributed by atoms with Gasteiger partial charge in [0, 0.05) is 13.1 Å². The van der Waals surface area contributed by atoms with Crippen LogP contribution in [0, 0.1) is 0 Å². The highest BCUT2D eigenvalue weighted by molar-refractivity contribution is 5.78. The molecule has 122 valence electrons. The monoisotopic (exact) mass is 304 g/mol. The van der Waals surface area contributed by atoms with E-state index in [1.54, 1.807) is 0 Å². The first-order chi connectivity index (χ1) is 10.7. The summed E-state index contributed by atoms with van der Waals surface area (Å²) in [7, 11) is 0. The quantitative estimate of drug-likeness (QED) is 0.430. The van der Waals surface area contributed by atoms with E-state index in [1.807, 2.05) is 24.3 Å². The molecule has 0 aromatic heterocycles. The molecular weight excluding hydrogens is 276 g/mol. The highest BCUT2D eigenvalue weighted by Crippen LogP contribution is 2.06. The number of guanidine groups is 2. The number of rotatable bonds is 8. The van der Waals surface area contributed by atoms with Gasteiger partial charge < -0.3 is 22.1 Å². The number of nitrogens with zero attached hydrogens (tertiary/aromatic N) is 2.